The monoisotopic (exact) mass is 312 g/mol. The lowest BCUT2D eigenvalue weighted by Crippen LogP contribution is -3.00. The van der Waals surface area contributed by atoms with Crippen LogP contribution in [0.4, 0.5) is 0 Å². The number of imidazole rings is 1. The van der Waals surface area contributed by atoms with Gasteiger partial charge in [0.25, 0.3) is 5.82 Å². The number of halogens is 1. The number of aromatic nitrogens is 2. The number of hydrogen-bond acceptors (Lipinski definition) is 1. The molecule has 0 fully saturated rings. The number of hydrogen-bond donors (Lipinski definition) is 1. The quantitative estimate of drug-likeness (QED) is 0.513. The summed E-state index contributed by atoms with van der Waals surface area (Å²) in [5, 5.41) is 0. The third kappa shape index (κ3) is 3.83. The molecular formula is C18H17ClN2O. The van der Waals surface area contributed by atoms with Crippen LogP contribution in [0.2, 0.25) is 0 Å². The van der Waals surface area contributed by atoms with Gasteiger partial charge in [0.2, 0.25) is 5.78 Å². The molecule has 1 aromatic heterocycles. The van der Waals surface area contributed by atoms with E-state index in [0.29, 0.717) is 6.54 Å². The van der Waals surface area contributed by atoms with Gasteiger partial charge >= 0.3 is 0 Å². The molecule has 2 aromatic carbocycles. The van der Waals surface area contributed by atoms with Crippen molar-refractivity contribution in [2.75, 3.05) is 0 Å². The molecule has 0 amide bonds. The Morgan fingerprint density at radius 3 is 2.27 bits per heavy atom. The molecule has 3 nitrogen and oxygen atoms in total. The van der Waals surface area contributed by atoms with Crippen LogP contribution in [0.3, 0.4) is 0 Å². The minimum Gasteiger partial charge on any atom is -1.00 e. The van der Waals surface area contributed by atoms with Crippen LogP contribution in [0.1, 0.15) is 21.7 Å². The van der Waals surface area contributed by atoms with Crippen molar-refractivity contribution in [1.29, 1.82) is 0 Å². The second kappa shape index (κ2) is 7.57. The Labute approximate surface area is 136 Å². The zero-order chi connectivity index (χ0) is 14.5. The lowest BCUT2D eigenvalue weighted by Gasteiger charge is -2.02. The Morgan fingerprint density at radius 2 is 1.59 bits per heavy atom. The highest BCUT2D eigenvalue weighted by molar-refractivity contribution is 5.94. The number of carbonyl (C=O) groups excluding carboxylic acids is 1. The van der Waals surface area contributed by atoms with E-state index in [9.17, 15) is 4.79 Å². The molecule has 0 aliphatic rings. The summed E-state index contributed by atoms with van der Waals surface area (Å²) >= 11 is 0. The molecule has 0 saturated carbocycles. The molecular weight excluding hydrogens is 296 g/mol. The smallest absolute Gasteiger partial charge is 0.259 e. The number of ketones is 1. The molecule has 112 valence electrons. The molecule has 1 N–H and O–H groups in total. The predicted molar refractivity (Wildman–Crippen MR) is 81.0 cm³/mol. The zero-order valence-electron chi connectivity index (χ0n) is 12.1. The molecule has 0 saturated heterocycles. The summed E-state index contributed by atoms with van der Waals surface area (Å²) in [5.41, 5.74) is 1.97. The van der Waals surface area contributed by atoms with E-state index in [-0.39, 0.29) is 18.2 Å². The molecule has 22 heavy (non-hydrogen) atoms. The van der Waals surface area contributed by atoms with Crippen LogP contribution < -0.4 is 17.0 Å². The van der Waals surface area contributed by atoms with Gasteiger partial charge in [-0.1, -0.05) is 60.7 Å². The van der Waals surface area contributed by atoms with Crippen LogP contribution in [-0.2, 0) is 13.0 Å². The number of nitrogens with zero attached hydrogens (tertiary/aromatic N) is 1. The lowest BCUT2D eigenvalue weighted by atomic mass is 10.1. The van der Waals surface area contributed by atoms with Crippen LogP contribution in [0.15, 0.2) is 73.1 Å². The average molecular weight is 313 g/mol. The normalized spacial score (nSPS) is 10.0. The first-order chi connectivity index (χ1) is 10.3. The van der Waals surface area contributed by atoms with Gasteiger partial charge in [0.15, 0.2) is 6.54 Å². The van der Waals surface area contributed by atoms with E-state index in [0.717, 1.165) is 17.8 Å². The molecule has 0 atom stereocenters. The molecule has 0 aliphatic carbocycles. The Bertz CT molecular complexity index is 723. The van der Waals surface area contributed by atoms with Crippen molar-refractivity contribution in [2.45, 2.75) is 13.0 Å². The van der Waals surface area contributed by atoms with Gasteiger partial charge in [-0.05, 0) is 5.56 Å². The van der Waals surface area contributed by atoms with Gasteiger partial charge in [-0.15, -0.1) is 0 Å². The molecule has 3 aromatic rings. The zero-order valence-corrected chi connectivity index (χ0v) is 12.8. The van der Waals surface area contributed by atoms with Crippen LogP contribution in [0.5, 0.6) is 0 Å². The van der Waals surface area contributed by atoms with Gasteiger partial charge in [-0.3, -0.25) is 4.79 Å². The van der Waals surface area contributed by atoms with E-state index in [4.69, 9.17) is 0 Å². The fraction of sp³-hybridized carbons (Fsp3) is 0.111. The Kier molecular flexibility index (Phi) is 5.50. The van der Waals surface area contributed by atoms with Crippen LogP contribution in [0, 0.1) is 0 Å². The molecule has 0 aliphatic heterocycles. The molecule has 3 rings (SSSR count). The minimum absolute atomic E-state index is 0. The molecule has 0 bridgehead atoms. The highest BCUT2D eigenvalue weighted by Crippen LogP contribution is 2.05. The Balaban J connectivity index is 0.00000176. The summed E-state index contributed by atoms with van der Waals surface area (Å²) in [7, 11) is 0. The summed E-state index contributed by atoms with van der Waals surface area (Å²) in [5.74, 6) is 1.15. The third-order valence-corrected chi connectivity index (χ3v) is 3.48. The van der Waals surface area contributed by atoms with Crippen molar-refractivity contribution in [3.05, 3.63) is 90.0 Å². The SMILES string of the molecule is O=C(C[n+]1cc[nH]c1Cc1ccccc1)c1ccccc1.[Cl-]. The molecule has 4 heteroatoms. The number of benzene rings is 2. The number of carbonyl (C=O) groups is 1. The van der Waals surface area contributed by atoms with Gasteiger partial charge in [0.05, 0.1) is 6.42 Å². The fourth-order valence-corrected chi connectivity index (χ4v) is 2.36. The molecule has 0 radical (unpaired) electrons. The summed E-state index contributed by atoms with van der Waals surface area (Å²) in [6.45, 7) is 0.357. The van der Waals surface area contributed by atoms with Gasteiger partial charge in [-0.2, -0.15) is 0 Å². The maximum Gasteiger partial charge on any atom is 0.259 e. The van der Waals surface area contributed by atoms with Gasteiger partial charge in [0.1, 0.15) is 12.4 Å². The van der Waals surface area contributed by atoms with E-state index in [1.54, 1.807) is 0 Å². The van der Waals surface area contributed by atoms with Crippen LogP contribution in [0.25, 0.3) is 0 Å². The maximum atomic E-state index is 12.3. The van der Waals surface area contributed by atoms with Crippen molar-refractivity contribution in [2.24, 2.45) is 0 Å². The topological polar surface area (TPSA) is 36.7 Å². The van der Waals surface area contributed by atoms with Crippen LogP contribution >= 0.6 is 0 Å². The summed E-state index contributed by atoms with van der Waals surface area (Å²) < 4.78 is 1.97. The van der Waals surface area contributed by atoms with Gasteiger partial charge in [-0.25, -0.2) is 9.55 Å². The number of rotatable bonds is 5. The lowest BCUT2D eigenvalue weighted by molar-refractivity contribution is -0.688. The van der Waals surface area contributed by atoms with E-state index in [1.807, 2.05) is 65.5 Å². The van der Waals surface area contributed by atoms with Gasteiger partial charge < -0.3 is 12.4 Å². The maximum absolute atomic E-state index is 12.3. The molecule has 0 spiro atoms. The first kappa shape index (κ1) is 16.0. The fourth-order valence-electron chi connectivity index (χ4n) is 2.36. The number of H-pyrrole nitrogens is 1. The summed E-state index contributed by atoms with van der Waals surface area (Å²) in [4.78, 5) is 15.5. The van der Waals surface area contributed by atoms with Crippen molar-refractivity contribution in [3.63, 3.8) is 0 Å². The second-order valence-corrected chi connectivity index (χ2v) is 4.99. The predicted octanol–water partition coefficient (Wildman–Crippen LogP) is -0.220. The Morgan fingerprint density at radius 1 is 0.955 bits per heavy atom. The van der Waals surface area contributed by atoms with Crippen molar-refractivity contribution < 1.29 is 21.8 Å². The van der Waals surface area contributed by atoms with Crippen molar-refractivity contribution in [1.82, 2.24) is 4.98 Å². The van der Waals surface area contributed by atoms with E-state index < -0.39 is 0 Å². The minimum atomic E-state index is 0. The standard InChI is InChI=1S/C18H16N2O.ClH/c21-17(16-9-5-2-6-10-16)14-20-12-11-19-18(20)13-15-7-3-1-4-8-15;/h1-12H,13-14H2;1H. The van der Waals surface area contributed by atoms with E-state index in [2.05, 4.69) is 17.1 Å². The van der Waals surface area contributed by atoms with Crippen LogP contribution in [-0.4, -0.2) is 10.8 Å². The van der Waals surface area contributed by atoms with E-state index >= 15 is 0 Å². The molecule has 1 heterocycles. The largest absolute Gasteiger partial charge is 1.00 e. The van der Waals surface area contributed by atoms with Crippen molar-refractivity contribution in [3.8, 4) is 0 Å². The number of Topliss-reactive ketones (excluding diaryl/α,β-unsaturated/α-hetero) is 1. The van der Waals surface area contributed by atoms with Crippen molar-refractivity contribution >= 4 is 5.78 Å². The second-order valence-electron chi connectivity index (χ2n) is 4.99. The number of nitrogens with one attached hydrogen (secondary N) is 1. The highest BCUT2D eigenvalue weighted by Gasteiger charge is 2.15. The van der Waals surface area contributed by atoms with Gasteiger partial charge in [0, 0.05) is 5.56 Å². The summed E-state index contributed by atoms with van der Waals surface area (Å²) in [6, 6.07) is 19.6. The summed E-state index contributed by atoms with van der Waals surface area (Å²) in [6.07, 6.45) is 4.57. The first-order valence-electron chi connectivity index (χ1n) is 7.01. The van der Waals surface area contributed by atoms with E-state index in [1.165, 1.54) is 5.56 Å². The first-order valence-corrected chi connectivity index (χ1v) is 7.01. The highest BCUT2D eigenvalue weighted by atomic mass is 35.5. The molecule has 0 unspecified atom stereocenters. The third-order valence-electron chi connectivity index (χ3n) is 3.48. The number of aromatic amines is 1. The average Bonchev–Trinajstić information content (AvgIpc) is 2.96. The Hall–Kier alpha value is -2.39.